The molecule has 4 nitrogen and oxygen atoms in total. The van der Waals surface area contributed by atoms with Gasteiger partial charge in [-0.05, 0) is 18.1 Å². The molecule has 0 saturated carbocycles. The molecule has 1 atom stereocenters. The Morgan fingerprint density at radius 2 is 1.58 bits per heavy atom. The smallest absolute Gasteiger partial charge is 0.314 e. The lowest BCUT2D eigenvalue weighted by molar-refractivity contribution is -0.140. The van der Waals surface area contributed by atoms with Crippen molar-refractivity contribution >= 4 is 11.9 Å². The van der Waals surface area contributed by atoms with Crippen LogP contribution in [0.4, 0.5) is 0 Å². The lowest BCUT2D eigenvalue weighted by atomic mass is 9.99. The Balaban J connectivity index is 2.83. The topological polar surface area (TPSA) is 52.6 Å². The van der Waals surface area contributed by atoms with Gasteiger partial charge in [-0.2, -0.15) is 0 Å². The number of rotatable bonds is 5. The second-order valence-electron chi connectivity index (χ2n) is 4.73. The van der Waals surface area contributed by atoms with Crippen molar-refractivity contribution in [2.45, 2.75) is 34.1 Å². The molecule has 4 heteroatoms. The zero-order chi connectivity index (χ0) is 14.4. The predicted octanol–water partition coefficient (Wildman–Crippen LogP) is 3.20. The van der Waals surface area contributed by atoms with E-state index in [1.807, 2.05) is 20.8 Å². The van der Waals surface area contributed by atoms with Crippen molar-refractivity contribution in [3.05, 3.63) is 24.3 Å². The second-order valence-corrected chi connectivity index (χ2v) is 4.73. The normalized spacial score (nSPS) is 12.1. The number of hydrogen-bond donors (Lipinski definition) is 0. The number of carbonyl (C=O) groups is 2. The lowest BCUT2D eigenvalue weighted by Crippen LogP contribution is -2.22. The largest absolute Gasteiger partial charge is 0.423 e. The Labute approximate surface area is 113 Å². The van der Waals surface area contributed by atoms with E-state index < -0.39 is 0 Å². The van der Waals surface area contributed by atoms with Crippen molar-refractivity contribution in [1.29, 1.82) is 0 Å². The predicted molar refractivity (Wildman–Crippen MR) is 72.0 cm³/mol. The highest BCUT2D eigenvalue weighted by Crippen LogP contribution is 2.28. The minimum absolute atomic E-state index is 0.192. The molecule has 0 saturated heterocycles. The standard InChI is InChI=1S/C15H20O4/c1-5-14(16)18-12-8-6-7-9-13(12)19-15(17)11(4)10(2)3/h6-11H,5H2,1-4H3. The van der Waals surface area contributed by atoms with Gasteiger partial charge in [0.2, 0.25) is 0 Å². The molecule has 1 rings (SSSR count). The van der Waals surface area contributed by atoms with Gasteiger partial charge in [0.05, 0.1) is 5.92 Å². The van der Waals surface area contributed by atoms with Crippen molar-refractivity contribution in [3.63, 3.8) is 0 Å². The molecule has 1 aromatic rings. The van der Waals surface area contributed by atoms with Crippen LogP contribution in [0.1, 0.15) is 34.1 Å². The first-order valence-corrected chi connectivity index (χ1v) is 6.47. The molecule has 0 radical (unpaired) electrons. The number of hydrogen-bond acceptors (Lipinski definition) is 4. The summed E-state index contributed by atoms with van der Waals surface area (Å²) in [4.78, 5) is 23.2. The Morgan fingerprint density at radius 1 is 1.05 bits per heavy atom. The highest BCUT2D eigenvalue weighted by Gasteiger charge is 2.20. The van der Waals surface area contributed by atoms with E-state index >= 15 is 0 Å². The van der Waals surface area contributed by atoms with Crippen molar-refractivity contribution in [2.75, 3.05) is 0 Å². The number of para-hydroxylation sites is 2. The molecule has 0 spiro atoms. The molecule has 0 fully saturated rings. The molecular formula is C15H20O4. The first-order chi connectivity index (χ1) is 8.95. The summed E-state index contributed by atoms with van der Waals surface area (Å²) in [6.07, 6.45) is 0.269. The van der Waals surface area contributed by atoms with E-state index in [1.54, 1.807) is 31.2 Å². The third kappa shape index (κ3) is 4.39. The van der Waals surface area contributed by atoms with Crippen LogP contribution < -0.4 is 9.47 Å². The maximum Gasteiger partial charge on any atom is 0.314 e. The van der Waals surface area contributed by atoms with Gasteiger partial charge in [-0.25, -0.2) is 0 Å². The molecule has 0 aliphatic carbocycles. The number of esters is 2. The van der Waals surface area contributed by atoms with Crippen LogP contribution in [0.3, 0.4) is 0 Å². The fourth-order valence-electron chi connectivity index (χ4n) is 1.29. The van der Waals surface area contributed by atoms with Crippen molar-refractivity contribution in [3.8, 4) is 11.5 Å². The molecule has 104 valence electrons. The number of ether oxygens (including phenoxy) is 2. The summed E-state index contributed by atoms with van der Waals surface area (Å²) in [5.41, 5.74) is 0. The summed E-state index contributed by atoms with van der Waals surface area (Å²) in [6.45, 7) is 7.43. The van der Waals surface area contributed by atoms with Gasteiger partial charge in [0.25, 0.3) is 0 Å². The average Bonchev–Trinajstić information content (AvgIpc) is 2.39. The van der Waals surface area contributed by atoms with Gasteiger partial charge < -0.3 is 9.47 Å². The van der Waals surface area contributed by atoms with Crippen LogP contribution in [0.15, 0.2) is 24.3 Å². The zero-order valence-electron chi connectivity index (χ0n) is 11.8. The van der Waals surface area contributed by atoms with E-state index in [-0.39, 0.29) is 41.7 Å². The minimum Gasteiger partial charge on any atom is -0.423 e. The second kappa shape index (κ2) is 6.92. The quantitative estimate of drug-likeness (QED) is 0.605. The minimum atomic E-state index is -0.361. The van der Waals surface area contributed by atoms with Crippen LogP contribution in [-0.2, 0) is 9.59 Å². The maximum atomic E-state index is 11.9. The van der Waals surface area contributed by atoms with E-state index in [9.17, 15) is 9.59 Å². The summed E-state index contributed by atoms with van der Waals surface area (Å²) in [6, 6.07) is 6.67. The summed E-state index contributed by atoms with van der Waals surface area (Å²) in [7, 11) is 0. The van der Waals surface area contributed by atoms with Gasteiger partial charge in [0.15, 0.2) is 11.5 Å². The van der Waals surface area contributed by atoms with E-state index in [0.717, 1.165) is 0 Å². The molecule has 1 aromatic carbocycles. The Kier molecular flexibility index (Phi) is 5.55. The highest BCUT2D eigenvalue weighted by atomic mass is 16.6. The van der Waals surface area contributed by atoms with Gasteiger partial charge in [0.1, 0.15) is 0 Å². The molecule has 0 amide bonds. The van der Waals surface area contributed by atoms with Crippen LogP contribution in [0.2, 0.25) is 0 Å². The first kappa shape index (κ1) is 15.2. The van der Waals surface area contributed by atoms with Gasteiger partial charge in [-0.3, -0.25) is 9.59 Å². The molecule has 0 bridgehead atoms. The van der Waals surface area contributed by atoms with E-state index in [0.29, 0.717) is 0 Å². The molecule has 0 aromatic heterocycles. The maximum absolute atomic E-state index is 11.9. The summed E-state index contributed by atoms with van der Waals surface area (Å²) >= 11 is 0. The fraction of sp³-hybridized carbons (Fsp3) is 0.467. The monoisotopic (exact) mass is 264 g/mol. The van der Waals surface area contributed by atoms with E-state index in [4.69, 9.17) is 9.47 Å². The van der Waals surface area contributed by atoms with Crippen LogP contribution in [0, 0.1) is 11.8 Å². The number of carbonyl (C=O) groups excluding carboxylic acids is 2. The van der Waals surface area contributed by atoms with E-state index in [2.05, 4.69) is 0 Å². The molecular weight excluding hydrogens is 244 g/mol. The Hall–Kier alpha value is -1.84. The van der Waals surface area contributed by atoms with Crippen molar-refractivity contribution in [1.82, 2.24) is 0 Å². The molecule has 19 heavy (non-hydrogen) atoms. The first-order valence-electron chi connectivity index (χ1n) is 6.47. The Morgan fingerprint density at radius 3 is 2.05 bits per heavy atom. The van der Waals surface area contributed by atoms with Crippen LogP contribution in [0.25, 0.3) is 0 Å². The molecule has 0 aliphatic heterocycles. The zero-order valence-corrected chi connectivity index (χ0v) is 11.8. The lowest BCUT2D eigenvalue weighted by Gasteiger charge is -2.15. The van der Waals surface area contributed by atoms with Crippen LogP contribution in [-0.4, -0.2) is 11.9 Å². The fourth-order valence-corrected chi connectivity index (χ4v) is 1.29. The van der Waals surface area contributed by atoms with E-state index in [1.165, 1.54) is 0 Å². The summed E-state index contributed by atoms with van der Waals surface area (Å²) < 4.78 is 10.4. The summed E-state index contributed by atoms with van der Waals surface area (Å²) in [5.74, 6) is -0.149. The van der Waals surface area contributed by atoms with Gasteiger partial charge in [0, 0.05) is 6.42 Å². The summed E-state index contributed by atoms with van der Waals surface area (Å²) in [5, 5.41) is 0. The van der Waals surface area contributed by atoms with Gasteiger partial charge >= 0.3 is 11.9 Å². The highest BCUT2D eigenvalue weighted by molar-refractivity contribution is 5.77. The number of benzene rings is 1. The van der Waals surface area contributed by atoms with Gasteiger partial charge in [-0.15, -0.1) is 0 Å². The third-order valence-electron chi connectivity index (χ3n) is 2.94. The molecule has 1 unspecified atom stereocenters. The van der Waals surface area contributed by atoms with Gasteiger partial charge in [-0.1, -0.05) is 39.8 Å². The Bertz CT molecular complexity index is 451. The molecule has 0 heterocycles. The third-order valence-corrected chi connectivity index (χ3v) is 2.94. The average molecular weight is 264 g/mol. The van der Waals surface area contributed by atoms with Crippen molar-refractivity contribution < 1.29 is 19.1 Å². The molecule has 0 aliphatic rings. The van der Waals surface area contributed by atoms with Crippen LogP contribution >= 0.6 is 0 Å². The molecule has 0 N–H and O–H groups in total. The van der Waals surface area contributed by atoms with Crippen molar-refractivity contribution in [2.24, 2.45) is 11.8 Å². The SMILES string of the molecule is CCC(=O)Oc1ccccc1OC(=O)C(C)C(C)C. The van der Waals surface area contributed by atoms with Crippen LogP contribution in [0.5, 0.6) is 11.5 Å².